The number of nitrogens with one attached hydrogen (secondary N) is 1. The molecule has 31 heavy (non-hydrogen) atoms. The molecule has 0 atom stereocenters. The molecule has 1 fully saturated rings. The molecule has 1 aliphatic rings. The average molecular weight is 481 g/mol. The van der Waals surface area contributed by atoms with Crippen molar-refractivity contribution in [3.05, 3.63) is 94.2 Å². The quantitative estimate of drug-likeness (QED) is 0.528. The summed E-state index contributed by atoms with van der Waals surface area (Å²) in [7, 11) is 0. The Hall–Kier alpha value is -2.70. The maximum atomic E-state index is 13.4. The zero-order chi connectivity index (χ0) is 21.5. The standard InChI is InChI=1S/C25H25BrN2O3/c26-21-9-7-20(8-10-21)25(11-14-30-15-12-25)24(29)28-17-19-4-3-6-23(16-19)31-18-22-5-1-2-13-27-22/h1-10,13,16H,11-12,14-15,17-18H2,(H,28,29). The van der Waals surface area contributed by atoms with Crippen LogP contribution in [-0.2, 0) is 28.1 Å². The van der Waals surface area contributed by atoms with Crippen LogP contribution >= 0.6 is 15.9 Å². The van der Waals surface area contributed by atoms with E-state index in [4.69, 9.17) is 9.47 Å². The molecule has 0 aliphatic carbocycles. The number of hydrogen-bond donors (Lipinski definition) is 1. The van der Waals surface area contributed by atoms with Crippen molar-refractivity contribution in [2.75, 3.05) is 13.2 Å². The Morgan fingerprint density at radius 3 is 2.61 bits per heavy atom. The number of carbonyl (C=O) groups excluding carboxylic acids is 1. The van der Waals surface area contributed by atoms with Crippen LogP contribution in [0, 0.1) is 0 Å². The van der Waals surface area contributed by atoms with Gasteiger partial charge < -0.3 is 14.8 Å². The summed E-state index contributed by atoms with van der Waals surface area (Å²) in [5.41, 5.74) is 2.33. The Morgan fingerprint density at radius 2 is 1.87 bits per heavy atom. The normalized spacial score (nSPS) is 15.3. The highest BCUT2D eigenvalue weighted by molar-refractivity contribution is 9.10. The van der Waals surface area contributed by atoms with E-state index in [-0.39, 0.29) is 5.91 Å². The predicted octanol–water partition coefficient (Wildman–Crippen LogP) is 4.79. The third kappa shape index (κ3) is 5.32. The molecule has 0 radical (unpaired) electrons. The summed E-state index contributed by atoms with van der Waals surface area (Å²) >= 11 is 3.48. The monoisotopic (exact) mass is 480 g/mol. The van der Waals surface area contributed by atoms with Crippen molar-refractivity contribution in [2.45, 2.75) is 31.4 Å². The second-order valence-electron chi connectivity index (χ2n) is 7.64. The highest BCUT2D eigenvalue weighted by Crippen LogP contribution is 2.36. The lowest BCUT2D eigenvalue weighted by Crippen LogP contribution is -2.47. The van der Waals surface area contributed by atoms with Crippen LogP contribution in [0.3, 0.4) is 0 Å². The van der Waals surface area contributed by atoms with Crippen molar-refractivity contribution in [1.82, 2.24) is 10.3 Å². The number of halogens is 1. The van der Waals surface area contributed by atoms with E-state index in [2.05, 4.69) is 26.2 Å². The van der Waals surface area contributed by atoms with Crippen molar-refractivity contribution in [3.63, 3.8) is 0 Å². The molecule has 2 aromatic carbocycles. The minimum Gasteiger partial charge on any atom is -0.487 e. The molecular weight excluding hydrogens is 456 g/mol. The molecule has 0 unspecified atom stereocenters. The van der Waals surface area contributed by atoms with Gasteiger partial charge in [0, 0.05) is 30.4 Å². The minimum atomic E-state index is -0.563. The average Bonchev–Trinajstić information content (AvgIpc) is 2.83. The molecule has 3 aromatic rings. The van der Waals surface area contributed by atoms with Crippen LogP contribution < -0.4 is 10.1 Å². The molecule has 0 bridgehead atoms. The summed E-state index contributed by atoms with van der Waals surface area (Å²) < 4.78 is 12.4. The highest BCUT2D eigenvalue weighted by Gasteiger charge is 2.41. The van der Waals surface area contributed by atoms with Gasteiger partial charge in [0.15, 0.2) is 0 Å². The van der Waals surface area contributed by atoms with Crippen LogP contribution in [-0.4, -0.2) is 24.1 Å². The summed E-state index contributed by atoms with van der Waals surface area (Å²) in [6, 6.07) is 21.6. The van der Waals surface area contributed by atoms with Crippen molar-refractivity contribution >= 4 is 21.8 Å². The first-order valence-electron chi connectivity index (χ1n) is 10.4. The van der Waals surface area contributed by atoms with Gasteiger partial charge in [0.1, 0.15) is 12.4 Å². The van der Waals surface area contributed by atoms with Gasteiger partial charge in [-0.05, 0) is 60.4 Å². The van der Waals surface area contributed by atoms with Crippen LogP contribution in [0.2, 0.25) is 0 Å². The van der Waals surface area contributed by atoms with Gasteiger partial charge in [-0.15, -0.1) is 0 Å². The minimum absolute atomic E-state index is 0.0397. The number of nitrogens with zero attached hydrogens (tertiary/aromatic N) is 1. The number of amides is 1. The van der Waals surface area contributed by atoms with Crippen LogP contribution in [0.5, 0.6) is 5.75 Å². The molecule has 1 amide bonds. The number of rotatable bonds is 7. The fraction of sp³-hybridized carbons (Fsp3) is 0.280. The van der Waals surface area contributed by atoms with E-state index in [1.807, 2.05) is 66.7 Å². The van der Waals surface area contributed by atoms with Crippen molar-refractivity contribution in [2.24, 2.45) is 0 Å². The van der Waals surface area contributed by atoms with E-state index in [9.17, 15) is 4.79 Å². The van der Waals surface area contributed by atoms with Crippen molar-refractivity contribution in [3.8, 4) is 5.75 Å². The van der Waals surface area contributed by atoms with E-state index in [0.717, 1.165) is 27.0 Å². The van der Waals surface area contributed by atoms with Gasteiger partial charge in [-0.25, -0.2) is 0 Å². The number of benzene rings is 2. The molecule has 0 spiro atoms. The van der Waals surface area contributed by atoms with Crippen molar-refractivity contribution < 1.29 is 14.3 Å². The highest BCUT2D eigenvalue weighted by atomic mass is 79.9. The van der Waals surface area contributed by atoms with Crippen LogP contribution in [0.15, 0.2) is 77.4 Å². The first-order chi connectivity index (χ1) is 15.2. The number of ether oxygens (including phenoxy) is 2. The molecular formula is C25H25BrN2O3. The molecule has 4 rings (SSSR count). The maximum Gasteiger partial charge on any atom is 0.231 e. The Balaban J connectivity index is 1.42. The van der Waals surface area contributed by atoms with Crippen molar-refractivity contribution in [1.29, 1.82) is 0 Å². The van der Waals surface area contributed by atoms with E-state index in [1.165, 1.54) is 0 Å². The topological polar surface area (TPSA) is 60.5 Å². The predicted molar refractivity (Wildman–Crippen MR) is 123 cm³/mol. The van der Waals surface area contributed by atoms with Crippen LogP contribution in [0.1, 0.15) is 29.7 Å². The van der Waals surface area contributed by atoms with Crippen LogP contribution in [0.4, 0.5) is 0 Å². The van der Waals surface area contributed by atoms with E-state index in [1.54, 1.807) is 6.20 Å². The molecule has 1 aromatic heterocycles. The summed E-state index contributed by atoms with van der Waals surface area (Å²) in [6.45, 7) is 2.02. The van der Waals surface area contributed by atoms with Gasteiger partial charge in [0.2, 0.25) is 5.91 Å². The zero-order valence-electron chi connectivity index (χ0n) is 17.2. The van der Waals surface area contributed by atoms with E-state index < -0.39 is 5.41 Å². The molecule has 160 valence electrons. The Labute approximate surface area is 190 Å². The first-order valence-corrected chi connectivity index (χ1v) is 11.2. The number of aromatic nitrogens is 1. The maximum absolute atomic E-state index is 13.4. The third-order valence-corrected chi connectivity index (χ3v) is 6.17. The van der Waals surface area contributed by atoms with Gasteiger partial charge in [-0.1, -0.05) is 46.3 Å². The van der Waals surface area contributed by atoms with Gasteiger partial charge in [-0.3, -0.25) is 9.78 Å². The Morgan fingerprint density at radius 1 is 1.06 bits per heavy atom. The lowest BCUT2D eigenvalue weighted by molar-refractivity contribution is -0.130. The second kappa shape index (κ2) is 10.1. The van der Waals surface area contributed by atoms with Crippen LogP contribution in [0.25, 0.3) is 0 Å². The lowest BCUT2D eigenvalue weighted by Gasteiger charge is -2.36. The molecule has 1 saturated heterocycles. The van der Waals surface area contributed by atoms with Gasteiger partial charge in [-0.2, -0.15) is 0 Å². The summed E-state index contributed by atoms with van der Waals surface area (Å²) in [6.07, 6.45) is 3.10. The first kappa shape index (κ1) is 21.5. The fourth-order valence-corrected chi connectivity index (χ4v) is 4.14. The molecule has 6 heteroatoms. The Bertz CT molecular complexity index is 1000. The number of hydrogen-bond acceptors (Lipinski definition) is 4. The SMILES string of the molecule is O=C(NCc1cccc(OCc2ccccn2)c1)C1(c2ccc(Br)cc2)CCOCC1. The summed E-state index contributed by atoms with van der Waals surface area (Å²) in [4.78, 5) is 17.6. The van der Waals surface area contributed by atoms with E-state index >= 15 is 0 Å². The summed E-state index contributed by atoms with van der Waals surface area (Å²) in [5, 5.41) is 3.15. The number of carbonyl (C=O) groups is 1. The third-order valence-electron chi connectivity index (χ3n) is 5.64. The molecule has 0 saturated carbocycles. The zero-order valence-corrected chi connectivity index (χ0v) is 18.8. The van der Waals surface area contributed by atoms with Gasteiger partial charge >= 0.3 is 0 Å². The smallest absolute Gasteiger partial charge is 0.231 e. The molecule has 1 N–H and O–H groups in total. The second-order valence-corrected chi connectivity index (χ2v) is 8.56. The van der Waals surface area contributed by atoms with Gasteiger partial charge in [0.05, 0.1) is 11.1 Å². The lowest BCUT2D eigenvalue weighted by atomic mass is 9.73. The van der Waals surface area contributed by atoms with E-state index in [0.29, 0.717) is 39.2 Å². The van der Waals surface area contributed by atoms with Gasteiger partial charge in [0.25, 0.3) is 0 Å². The molecule has 5 nitrogen and oxygen atoms in total. The summed E-state index contributed by atoms with van der Waals surface area (Å²) in [5.74, 6) is 0.795. The largest absolute Gasteiger partial charge is 0.487 e. The molecule has 1 aliphatic heterocycles. The molecule has 2 heterocycles. The Kier molecular flexibility index (Phi) is 6.99. The number of pyridine rings is 1. The fourth-order valence-electron chi connectivity index (χ4n) is 3.87.